The highest BCUT2D eigenvalue weighted by atomic mass is 32.2. The Morgan fingerprint density at radius 3 is 2.90 bits per heavy atom. The van der Waals surface area contributed by atoms with E-state index < -0.39 is 11.1 Å². The third-order valence-corrected chi connectivity index (χ3v) is 3.77. The lowest BCUT2D eigenvalue weighted by Crippen LogP contribution is -2.33. The second kappa shape index (κ2) is 6.02. The van der Waals surface area contributed by atoms with Crippen LogP contribution in [0.4, 0.5) is 4.39 Å². The maximum Gasteiger partial charge on any atom is 0.339 e. The Labute approximate surface area is 117 Å². The van der Waals surface area contributed by atoms with Gasteiger partial charge >= 0.3 is 11.1 Å². The topological polar surface area (TPSA) is 93.8 Å². The Balaban J connectivity index is 2.45. The fourth-order valence-corrected chi connectivity index (χ4v) is 2.65. The van der Waals surface area contributed by atoms with E-state index in [9.17, 15) is 14.0 Å². The number of rotatable bonds is 4. The molecular formula is C12H13FN4O2S. The molecule has 0 fully saturated rings. The molecule has 3 N–H and O–H groups in total. The Bertz CT molecular complexity index is 741. The number of nitrogens with one attached hydrogen (secondary N) is 1. The van der Waals surface area contributed by atoms with Crippen LogP contribution in [0, 0.1) is 5.82 Å². The van der Waals surface area contributed by atoms with Crippen LogP contribution in [0.3, 0.4) is 0 Å². The minimum Gasteiger partial charge on any atom is -0.330 e. The zero-order chi connectivity index (χ0) is 14.7. The number of hydrogen-bond acceptors (Lipinski definition) is 5. The van der Waals surface area contributed by atoms with Crippen LogP contribution in [0.2, 0.25) is 0 Å². The number of nitrogens with two attached hydrogens (primary N) is 1. The number of aromatic amines is 1. The zero-order valence-electron chi connectivity index (χ0n) is 10.7. The SMILES string of the molecule is Cn1[nH]c(=O)c(=O)nc1Sc1cccc(F)c1CCN. The van der Waals surface area contributed by atoms with Crippen molar-refractivity contribution in [3.8, 4) is 0 Å². The second-order valence-electron chi connectivity index (χ2n) is 4.06. The third kappa shape index (κ3) is 2.97. The van der Waals surface area contributed by atoms with E-state index in [1.807, 2.05) is 0 Å². The molecule has 2 aromatic rings. The van der Waals surface area contributed by atoms with Gasteiger partial charge in [-0.15, -0.1) is 0 Å². The number of hydrogen-bond donors (Lipinski definition) is 2. The first-order valence-electron chi connectivity index (χ1n) is 5.85. The van der Waals surface area contributed by atoms with Crippen LogP contribution < -0.4 is 16.9 Å². The monoisotopic (exact) mass is 296 g/mol. The van der Waals surface area contributed by atoms with Crippen LogP contribution >= 0.6 is 11.8 Å². The summed E-state index contributed by atoms with van der Waals surface area (Å²) in [5.41, 5.74) is 4.28. The molecule has 8 heteroatoms. The van der Waals surface area contributed by atoms with E-state index in [2.05, 4.69) is 10.1 Å². The molecule has 0 aliphatic rings. The van der Waals surface area contributed by atoms with Crippen LogP contribution in [0.1, 0.15) is 5.56 Å². The van der Waals surface area contributed by atoms with Gasteiger partial charge in [-0.2, -0.15) is 4.98 Å². The van der Waals surface area contributed by atoms with Crippen molar-refractivity contribution >= 4 is 11.8 Å². The fraction of sp³-hybridized carbons (Fsp3) is 0.250. The molecule has 1 aromatic heterocycles. The Morgan fingerprint density at radius 1 is 1.45 bits per heavy atom. The molecule has 1 heterocycles. The highest BCUT2D eigenvalue weighted by Gasteiger charge is 2.12. The lowest BCUT2D eigenvalue weighted by atomic mass is 10.1. The number of nitrogens with zero attached hydrogens (tertiary/aromatic N) is 2. The summed E-state index contributed by atoms with van der Waals surface area (Å²) in [6.45, 7) is 0.312. The number of benzene rings is 1. The number of aromatic nitrogens is 3. The standard InChI is InChI=1S/C12H13FN4O2S/c1-17-12(15-10(18)11(19)16-17)20-9-4-2-3-8(13)7(9)5-6-14/h2-4H,5-6,14H2,1H3,(H,16,19). The smallest absolute Gasteiger partial charge is 0.330 e. The highest BCUT2D eigenvalue weighted by molar-refractivity contribution is 7.99. The summed E-state index contributed by atoms with van der Waals surface area (Å²) < 4.78 is 15.1. The van der Waals surface area contributed by atoms with Crippen LogP contribution in [-0.4, -0.2) is 21.3 Å². The zero-order valence-corrected chi connectivity index (χ0v) is 11.5. The van der Waals surface area contributed by atoms with Crippen molar-refractivity contribution in [3.05, 3.63) is 50.3 Å². The van der Waals surface area contributed by atoms with Gasteiger partial charge in [0.2, 0.25) is 0 Å². The molecule has 1 aromatic carbocycles. The van der Waals surface area contributed by atoms with E-state index >= 15 is 0 Å². The number of H-pyrrole nitrogens is 1. The van der Waals surface area contributed by atoms with Crippen LogP contribution in [0.15, 0.2) is 37.8 Å². The minimum absolute atomic E-state index is 0.276. The van der Waals surface area contributed by atoms with Gasteiger partial charge in [-0.3, -0.25) is 19.4 Å². The van der Waals surface area contributed by atoms with Crippen LogP contribution in [-0.2, 0) is 13.5 Å². The van der Waals surface area contributed by atoms with E-state index in [1.165, 1.54) is 10.7 Å². The van der Waals surface area contributed by atoms with Crippen LogP contribution in [0.5, 0.6) is 0 Å². The molecule has 0 unspecified atom stereocenters. The normalized spacial score (nSPS) is 10.8. The summed E-state index contributed by atoms with van der Waals surface area (Å²) in [5.74, 6) is -0.352. The summed E-state index contributed by atoms with van der Waals surface area (Å²) in [6, 6.07) is 4.64. The van der Waals surface area contributed by atoms with E-state index in [-0.39, 0.29) is 11.0 Å². The van der Waals surface area contributed by atoms with Crippen molar-refractivity contribution in [1.82, 2.24) is 14.8 Å². The van der Waals surface area contributed by atoms with Gasteiger partial charge in [0.25, 0.3) is 0 Å². The maximum absolute atomic E-state index is 13.8. The summed E-state index contributed by atoms with van der Waals surface area (Å²) in [5, 5.41) is 2.62. The predicted molar refractivity (Wildman–Crippen MR) is 73.4 cm³/mol. The number of halogens is 1. The van der Waals surface area contributed by atoms with Gasteiger partial charge in [-0.05, 0) is 36.9 Å². The Kier molecular flexibility index (Phi) is 4.35. The molecule has 0 saturated carbocycles. The molecule has 0 spiro atoms. The first-order chi connectivity index (χ1) is 9.52. The van der Waals surface area contributed by atoms with Crippen molar-refractivity contribution in [3.63, 3.8) is 0 Å². The van der Waals surface area contributed by atoms with E-state index in [4.69, 9.17) is 5.73 Å². The molecule has 0 aliphatic carbocycles. The van der Waals surface area contributed by atoms with Gasteiger partial charge in [0, 0.05) is 17.5 Å². The minimum atomic E-state index is -0.873. The molecular weight excluding hydrogens is 283 g/mol. The fourth-order valence-electron chi connectivity index (χ4n) is 1.67. The second-order valence-corrected chi connectivity index (χ2v) is 5.07. The Hall–Kier alpha value is -1.93. The molecule has 0 bridgehead atoms. The molecule has 0 radical (unpaired) electrons. The summed E-state index contributed by atoms with van der Waals surface area (Å²) >= 11 is 1.10. The predicted octanol–water partition coefficient (Wildman–Crippen LogP) is 0.260. The van der Waals surface area contributed by atoms with E-state index in [0.717, 1.165) is 11.8 Å². The molecule has 2 rings (SSSR count). The summed E-state index contributed by atoms with van der Waals surface area (Å²) in [4.78, 5) is 26.7. The van der Waals surface area contributed by atoms with Crippen molar-refractivity contribution in [2.45, 2.75) is 16.5 Å². The molecule has 0 atom stereocenters. The first kappa shape index (κ1) is 14.5. The van der Waals surface area contributed by atoms with Gasteiger partial charge < -0.3 is 5.73 Å². The first-order valence-corrected chi connectivity index (χ1v) is 6.67. The summed E-state index contributed by atoms with van der Waals surface area (Å²) in [6.07, 6.45) is 0.381. The molecule has 0 saturated heterocycles. The third-order valence-electron chi connectivity index (χ3n) is 2.62. The maximum atomic E-state index is 13.8. The quantitative estimate of drug-likeness (QED) is 0.789. The van der Waals surface area contributed by atoms with E-state index in [0.29, 0.717) is 23.4 Å². The molecule has 0 aliphatic heterocycles. The van der Waals surface area contributed by atoms with Crippen molar-refractivity contribution in [2.75, 3.05) is 6.54 Å². The lowest BCUT2D eigenvalue weighted by molar-refractivity contribution is 0.593. The average molecular weight is 296 g/mol. The lowest BCUT2D eigenvalue weighted by Gasteiger charge is -2.10. The molecule has 20 heavy (non-hydrogen) atoms. The Morgan fingerprint density at radius 2 is 2.20 bits per heavy atom. The van der Waals surface area contributed by atoms with Crippen LogP contribution in [0.25, 0.3) is 0 Å². The number of aryl methyl sites for hydroxylation is 1. The van der Waals surface area contributed by atoms with Crippen molar-refractivity contribution in [2.24, 2.45) is 12.8 Å². The van der Waals surface area contributed by atoms with Gasteiger partial charge in [0.1, 0.15) is 5.82 Å². The van der Waals surface area contributed by atoms with Gasteiger partial charge in [-0.25, -0.2) is 4.39 Å². The largest absolute Gasteiger partial charge is 0.339 e. The molecule has 0 amide bonds. The summed E-state index contributed by atoms with van der Waals surface area (Å²) in [7, 11) is 1.55. The van der Waals surface area contributed by atoms with Gasteiger partial charge in [0.05, 0.1) is 0 Å². The van der Waals surface area contributed by atoms with Crippen molar-refractivity contribution < 1.29 is 4.39 Å². The van der Waals surface area contributed by atoms with Crippen molar-refractivity contribution in [1.29, 1.82) is 0 Å². The molecule has 6 nitrogen and oxygen atoms in total. The van der Waals surface area contributed by atoms with Gasteiger partial charge in [-0.1, -0.05) is 6.07 Å². The highest BCUT2D eigenvalue weighted by Crippen LogP contribution is 2.29. The van der Waals surface area contributed by atoms with E-state index in [1.54, 1.807) is 19.2 Å². The van der Waals surface area contributed by atoms with Gasteiger partial charge in [0.15, 0.2) is 5.16 Å². The average Bonchev–Trinajstić information content (AvgIpc) is 2.40. The molecule has 106 valence electrons.